The second-order valence-corrected chi connectivity index (χ2v) is 5.43. The van der Waals surface area contributed by atoms with Crippen LogP contribution in [0.15, 0.2) is 67.8 Å². The van der Waals surface area contributed by atoms with E-state index in [1.807, 2.05) is 90.9 Å². The lowest BCUT2D eigenvalue weighted by atomic mass is 10.00. The zero-order chi connectivity index (χ0) is 22.4. The highest BCUT2D eigenvalue weighted by molar-refractivity contribution is 5.74. The molecule has 0 heterocycles. The van der Waals surface area contributed by atoms with E-state index >= 15 is 0 Å². The summed E-state index contributed by atoms with van der Waals surface area (Å²) >= 11 is 0. The maximum absolute atomic E-state index is 9.21. The van der Waals surface area contributed by atoms with Crippen molar-refractivity contribution in [1.29, 1.82) is 0 Å². The van der Waals surface area contributed by atoms with Gasteiger partial charge in [-0.3, -0.25) is 0 Å². The van der Waals surface area contributed by atoms with Gasteiger partial charge in [-0.2, -0.15) is 0 Å². The van der Waals surface area contributed by atoms with Crippen LogP contribution in [0.2, 0.25) is 0 Å². The number of phenols is 1. The van der Waals surface area contributed by atoms with Gasteiger partial charge < -0.3 is 5.11 Å². The Morgan fingerprint density at radius 2 is 1.21 bits per heavy atom. The number of rotatable bonds is 2. The largest absolute Gasteiger partial charge is 0.508 e. The van der Waals surface area contributed by atoms with Crippen molar-refractivity contribution in [2.24, 2.45) is 5.92 Å². The second kappa shape index (κ2) is 22.8. The molecule has 1 fully saturated rings. The van der Waals surface area contributed by atoms with Gasteiger partial charge in [0.2, 0.25) is 0 Å². The highest BCUT2D eigenvalue weighted by Gasteiger charge is 2.12. The first-order chi connectivity index (χ1) is 13.6. The maximum Gasteiger partial charge on any atom is 0.115 e. The van der Waals surface area contributed by atoms with Gasteiger partial charge in [0.15, 0.2) is 0 Å². The van der Waals surface area contributed by atoms with Gasteiger partial charge in [-0.05, 0) is 41.7 Å². The fourth-order valence-electron chi connectivity index (χ4n) is 1.75. The average Bonchev–Trinajstić information content (AvgIpc) is 3.56. The van der Waals surface area contributed by atoms with E-state index in [2.05, 4.69) is 20.1 Å². The number of aromatic hydroxyl groups is 1. The molecule has 0 atom stereocenters. The lowest BCUT2D eigenvalue weighted by molar-refractivity contribution is 0.475. The van der Waals surface area contributed by atoms with E-state index in [0.29, 0.717) is 0 Å². The fourth-order valence-corrected chi connectivity index (χ4v) is 1.75. The van der Waals surface area contributed by atoms with Crippen molar-refractivity contribution in [3.63, 3.8) is 0 Å². The minimum Gasteiger partial charge on any atom is -0.508 e. The Balaban J connectivity index is -0.000000398. The Kier molecular flexibility index (Phi) is 24.7. The Bertz CT molecular complexity index is 577. The van der Waals surface area contributed by atoms with Gasteiger partial charge in [0.25, 0.3) is 0 Å². The summed E-state index contributed by atoms with van der Waals surface area (Å²) in [4.78, 5) is 0. The van der Waals surface area contributed by atoms with Crippen LogP contribution in [0.25, 0.3) is 17.2 Å². The van der Waals surface area contributed by atoms with Crippen LogP contribution in [0.4, 0.5) is 0 Å². The van der Waals surface area contributed by atoms with E-state index < -0.39 is 0 Å². The van der Waals surface area contributed by atoms with Crippen molar-refractivity contribution in [2.75, 3.05) is 0 Å². The third kappa shape index (κ3) is 15.9. The van der Waals surface area contributed by atoms with Crippen molar-refractivity contribution in [3.05, 3.63) is 73.3 Å². The summed E-state index contributed by atoms with van der Waals surface area (Å²) in [5, 5.41) is 9.21. The first kappa shape index (κ1) is 30.4. The molecule has 28 heavy (non-hydrogen) atoms. The lowest BCUT2D eigenvalue weighted by Crippen LogP contribution is -1.81. The predicted octanol–water partition coefficient (Wildman–Crippen LogP) is 9.39. The van der Waals surface area contributed by atoms with E-state index in [4.69, 9.17) is 0 Å². The zero-order valence-electron chi connectivity index (χ0n) is 19.6. The van der Waals surface area contributed by atoms with Crippen molar-refractivity contribution in [3.8, 4) is 16.9 Å². The summed E-state index contributed by atoms with van der Waals surface area (Å²) in [6.07, 6.45) is 6.56. The molecule has 0 aliphatic heterocycles. The smallest absolute Gasteiger partial charge is 0.115 e. The third-order valence-corrected chi connectivity index (χ3v) is 3.23. The molecule has 0 saturated heterocycles. The molecule has 0 spiro atoms. The number of allylic oxidation sites excluding steroid dienone is 1. The molecule has 1 saturated carbocycles. The third-order valence-electron chi connectivity index (χ3n) is 3.23. The van der Waals surface area contributed by atoms with Crippen LogP contribution in [0, 0.1) is 5.92 Å². The summed E-state index contributed by atoms with van der Waals surface area (Å²) in [6, 6.07) is 15.2. The van der Waals surface area contributed by atoms with Gasteiger partial charge in [-0.15, -0.1) is 6.58 Å². The average molecular weight is 385 g/mol. The highest BCUT2D eigenvalue weighted by atomic mass is 16.3. The summed E-state index contributed by atoms with van der Waals surface area (Å²) in [6.45, 7) is 23.3. The van der Waals surface area contributed by atoms with Crippen LogP contribution in [0.3, 0.4) is 0 Å². The van der Waals surface area contributed by atoms with Gasteiger partial charge in [-0.1, -0.05) is 116 Å². The topological polar surface area (TPSA) is 20.2 Å². The summed E-state index contributed by atoms with van der Waals surface area (Å²) < 4.78 is 0. The molecule has 2 aromatic carbocycles. The molecule has 2 aromatic rings. The molecule has 0 bridgehead atoms. The normalized spacial score (nSPS) is 10.1. The van der Waals surface area contributed by atoms with Crippen molar-refractivity contribution < 1.29 is 5.11 Å². The summed E-state index contributed by atoms with van der Waals surface area (Å²) in [7, 11) is 0. The van der Waals surface area contributed by atoms with E-state index in [-0.39, 0.29) is 5.75 Å². The minimum atomic E-state index is 0.287. The molecule has 1 aliphatic rings. The fraction of sp³-hybridized carbons (Fsp3) is 0.407. The van der Waals surface area contributed by atoms with Crippen molar-refractivity contribution >= 4 is 6.08 Å². The zero-order valence-corrected chi connectivity index (χ0v) is 19.6. The molecule has 0 amide bonds. The number of hydrogen-bond acceptors (Lipinski definition) is 1. The standard InChI is InChI=1S/C14H12O.C4H8.C3H6.3C2H6/c1-2-11-5-3-4-6-14(11)12-7-9-13(15)10-8-12;1-4-2-3-4;1-3-2;3*1-2/h2-10,15H,1H2;4H,2-3H2,1H3;3H,1H2,2H3;3*1-2H3. The van der Waals surface area contributed by atoms with Crippen molar-refractivity contribution in [1.82, 2.24) is 0 Å². The van der Waals surface area contributed by atoms with Gasteiger partial charge in [0, 0.05) is 0 Å². The Morgan fingerprint density at radius 3 is 1.57 bits per heavy atom. The molecule has 0 unspecified atom stereocenters. The van der Waals surface area contributed by atoms with E-state index in [1.165, 1.54) is 12.8 Å². The molecule has 158 valence electrons. The Morgan fingerprint density at radius 1 is 0.821 bits per heavy atom. The Labute approximate surface area is 175 Å². The van der Waals surface area contributed by atoms with Crippen LogP contribution >= 0.6 is 0 Å². The number of benzene rings is 2. The minimum absolute atomic E-state index is 0.287. The number of phenolic OH excluding ortho intramolecular Hbond substituents is 1. The molecule has 0 aromatic heterocycles. The summed E-state index contributed by atoms with van der Waals surface area (Å²) in [5.41, 5.74) is 3.32. The van der Waals surface area contributed by atoms with E-state index in [1.54, 1.807) is 18.2 Å². The predicted molar refractivity (Wildman–Crippen MR) is 132 cm³/mol. The molecule has 1 N–H and O–H groups in total. The molecular weight excluding hydrogens is 340 g/mol. The molecule has 1 nitrogen and oxygen atoms in total. The second-order valence-electron chi connectivity index (χ2n) is 5.43. The highest BCUT2D eigenvalue weighted by Crippen LogP contribution is 2.27. The van der Waals surface area contributed by atoms with E-state index in [9.17, 15) is 5.11 Å². The Hall–Kier alpha value is -2.28. The van der Waals surface area contributed by atoms with Gasteiger partial charge in [0.05, 0.1) is 0 Å². The van der Waals surface area contributed by atoms with Crippen molar-refractivity contribution in [2.45, 2.75) is 68.2 Å². The quantitative estimate of drug-likeness (QED) is 0.511. The lowest BCUT2D eigenvalue weighted by Gasteiger charge is -2.05. The van der Waals surface area contributed by atoms with Gasteiger partial charge >= 0.3 is 0 Å². The molecule has 1 aliphatic carbocycles. The summed E-state index contributed by atoms with van der Waals surface area (Å²) in [5.74, 6) is 1.37. The monoisotopic (exact) mass is 384 g/mol. The number of hydrogen-bond donors (Lipinski definition) is 1. The molecule has 3 rings (SSSR count). The SMILES string of the molecule is C=CC.C=Cc1ccccc1-c1ccc(O)cc1.CC.CC.CC.CC1CC1. The van der Waals surface area contributed by atoms with Crippen LogP contribution in [-0.2, 0) is 0 Å². The first-order valence-corrected chi connectivity index (χ1v) is 10.7. The molecular formula is C27H44O. The van der Waals surface area contributed by atoms with Gasteiger partial charge in [0.1, 0.15) is 5.75 Å². The molecule has 0 radical (unpaired) electrons. The first-order valence-electron chi connectivity index (χ1n) is 10.7. The van der Waals surface area contributed by atoms with Crippen LogP contribution in [0.1, 0.15) is 73.8 Å². The van der Waals surface area contributed by atoms with Crippen LogP contribution in [0.5, 0.6) is 5.75 Å². The van der Waals surface area contributed by atoms with Gasteiger partial charge in [-0.25, -0.2) is 0 Å². The van der Waals surface area contributed by atoms with Crippen LogP contribution in [-0.4, -0.2) is 5.11 Å². The van der Waals surface area contributed by atoms with E-state index in [0.717, 1.165) is 22.6 Å². The maximum atomic E-state index is 9.21. The van der Waals surface area contributed by atoms with Crippen LogP contribution < -0.4 is 0 Å². The molecule has 1 heteroatoms.